The molecule has 0 aliphatic rings. The van der Waals surface area contributed by atoms with Crippen molar-refractivity contribution in [1.82, 2.24) is 0 Å². The van der Waals surface area contributed by atoms with Gasteiger partial charge in [-0.3, -0.25) is 0 Å². The van der Waals surface area contributed by atoms with Crippen LogP contribution in [0.2, 0.25) is 0 Å². The highest BCUT2D eigenvalue weighted by Gasteiger charge is 1.96. The molecule has 38 heavy (non-hydrogen) atoms. The van der Waals surface area contributed by atoms with Gasteiger partial charge in [0, 0.05) is 0 Å². The quantitative estimate of drug-likeness (QED) is 0.128. The van der Waals surface area contributed by atoms with Crippen molar-refractivity contribution in [2.45, 2.75) is 6.61 Å². The number of benzene rings is 1. The van der Waals surface area contributed by atoms with E-state index >= 15 is 0 Å². The molecule has 222 valence electrons. The van der Waals surface area contributed by atoms with Gasteiger partial charge in [0.15, 0.2) is 0 Å². The molecule has 11 heteroatoms. The van der Waals surface area contributed by atoms with Crippen LogP contribution in [0.3, 0.4) is 0 Å². The van der Waals surface area contributed by atoms with Gasteiger partial charge in [-0.05, 0) is 5.56 Å². The van der Waals surface area contributed by atoms with Crippen LogP contribution in [0, 0.1) is 0 Å². The summed E-state index contributed by atoms with van der Waals surface area (Å²) in [4.78, 5) is 0. The number of hydrogen-bond donors (Lipinski definition) is 0. The molecular weight excluding hydrogens is 503 g/mol. The fourth-order valence-corrected chi connectivity index (χ4v) is 2.80. The Bertz CT molecular complexity index is 570. The van der Waals surface area contributed by atoms with Crippen LogP contribution < -0.4 is 0 Å². The number of ether oxygens (including phenoxy) is 10. The molecule has 0 spiro atoms. The van der Waals surface area contributed by atoms with Crippen LogP contribution in [-0.4, -0.2) is 132 Å². The second-order valence-electron chi connectivity index (χ2n) is 7.74. The van der Waals surface area contributed by atoms with Crippen molar-refractivity contribution >= 4 is 0 Å². The van der Waals surface area contributed by atoms with E-state index in [-0.39, 0.29) is 6.61 Å². The Morgan fingerprint density at radius 1 is 0.342 bits per heavy atom. The van der Waals surface area contributed by atoms with Gasteiger partial charge >= 0.3 is 0 Å². The molecule has 0 aliphatic heterocycles. The van der Waals surface area contributed by atoms with Crippen LogP contribution >= 0.6 is 0 Å². The molecule has 10 nitrogen and oxygen atoms in total. The van der Waals surface area contributed by atoms with Crippen molar-refractivity contribution in [3.05, 3.63) is 35.9 Å². The maximum atomic E-state index is 11.8. The third-order valence-corrected chi connectivity index (χ3v) is 4.68. The summed E-state index contributed by atoms with van der Waals surface area (Å²) in [6.45, 7) is 9.29. The summed E-state index contributed by atoms with van der Waals surface area (Å²) in [5.74, 6) is 0. The highest BCUT2D eigenvalue weighted by molar-refractivity contribution is 5.13. The number of rotatable bonds is 31. The Kier molecular flexibility index (Phi) is 27.7. The lowest BCUT2D eigenvalue weighted by atomic mass is 10.2. The van der Waals surface area contributed by atoms with E-state index in [1.807, 2.05) is 30.3 Å². The van der Waals surface area contributed by atoms with Gasteiger partial charge in [0.25, 0.3) is 0 Å². The standard InChI is InChI=1S/C27H47FO10/c28-6-7-29-8-9-30-10-11-31-12-13-32-14-15-33-16-17-34-18-19-35-20-21-36-22-23-37-24-25-38-26-27-4-2-1-3-5-27/h1-5H,6-26H2. The summed E-state index contributed by atoms with van der Waals surface area (Å²) in [6, 6.07) is 10.1. The minimum absolute atomic E-state index is 0.116. The normalized spacial score (nSPS) is 11.4. The average Bonchev–Trinajstić information content (AvgIpc) is 2.94. The van der Waals surface area contributed by atoms with E-state index < -0.39 is 6.67 Å². The molecule has 1 rings (SSSR count). The van der Waals surface area contributed by atoms with E-state index in [1.54, 1.807) is 0 Å². The van der Waals surface area contributed by atoms with Crippen molar-refractivity contribution in [2.24, 2.45) is 0 Å². The van der Waals surface area contributed by atoms with E-state index in [2.05, 4.69) is 0 Å². The van der Waals surface area contributed by atoms with E-state index in [1.165, 1.54) is 0 Å². The minimum Gasteiger partial charge on any atom is -0.377 e. The van der Waals surface area contributed by atoms with E-state index in [0.29, 0.717) is 126 Å². The Hall–Kier alpha value is -1.25. The molecule has 0 saturated heterocycles. The first-order valence-electron chi connectivity index (χ1n) is 13.3. The molecule has 0 saturated carbocycles. The van der Waals surface area contributed by atoms with Crippen LogP contribution in [-0.2, 0) is 54.0 Å². The van der Waals surface area contributed by atoms with Crippen molar-refractivity contribution in [3.8, 4) is 0 Å². The monoisotopic (exact) mass is 550 g/mol. The summed E-state index contributed by atoms with van der Waals surface area (Å²) in [5.41, 5.74) is 1.16. The Balaban J connectivity index is 1.62. The van der Waals surface area contributed by atoms with E-state index in [4.69, 9.17) is 47.4 Å². The largest absolute Gasteiger partial charge is 0.377 e. The maximum absolute atomic E-state index is 11.8. The SMILES string of the molecule is FCCOCCOCCOCCOCCOCCOCCOCCOCCOCCOCc1ccccc1. The van der Waals surface area contributed by atoms with Crippen LogP contribution in [0.15, 0.2) is 30.3 Å². The zero-order valence-corrected chi connectivity index (χ0v) is 22.7. The predicted octanol–water partition coefficient (Wildman–Crippen LogP) is 2.32. The van der Waals surface area contributed by atoms with Gasteiger partial charge in [0.1, 0.15) is 6.67 Å². The fourth-order valence-electron chi connectivity index (χ4n) is 2.80. The van der Waals surface area contributed by atoms with E-state index in [0.717, 1.165) is 5.56 Å². The zero-order valence-electron chi connectivity index (χ0n) is 22.7. The Morgan fingerprint density at radius 3 is 0.895 bits per heavy atom. The molecule has 0 aliphatic carbocycles. The predicted molar refractivity (Wildman–Crippen MR) is 139 cm³/mol. The van der Waals surface area contributed by atoms with Crippen molar-refractivity contribution < 1.29 is 51.8 Å². The van der Waals surface area contributed by atoms with Gasteiger partial charge in [0.2, 0.25) is 0 Å². The van der Waals surface area contributed by atoms with Crippen LogP contribution in [0.5, 0.6) is 0 Å². The van der Waals surface area contributed by atoms with E-state index in [9.17, 15) is 4.39 Å². The summed E-state index contributed by atoms with van der Waals surface area (Å²) < 4.78 is 65.7. The van der Waals surface area contributed by atoms with Gasteiger partial charge in [0.05, 0.1) is 132 Å². The van der Waals surface area contributed by atoms with Crippen molar-refractivity contribution in [2.75, 3.05) is 132 Å². The molecule has 0 unspecified atom stereocenters. The third kappa shape index (κ3) is 26.4. The summed E-state index contributed by atoms with van der Waals surface area (Å²) in [5, 5.41) is 0. The van der Waals surface area contributed by atoms with Gasteiger partial charge in [-0.2, -0.15) is 0 Å². The number of hydrogen-bond acceptors (Lipinski definition) is 10. The zero-order chi connectivity index (χ0) is 27.0. The fraction of sp³-hybridized carbons (Fsp3) is 0.778. The number of halogens is 1. The molecule has 0 bridgehead atoms. The number of alkyl halides is 1. The first kappa shape index (κ1) is 34.8. The first-order valence-corrected chi connectivity index (χ1v) is 13.3. The lowest BCUT2D eigenvalue weighted by Crippen LogP contribution is -2.15. The Labute approximate surface area is 226 Å². The molecule has 0 radical (unpaired) electrons. The van der Waals surface area contributed by atoms with Crippen molar-refractivity contribution in [1.29, 1.82) is 0 Å². The topological polar surface area (TPSA) is 92.3 Å². The third-order valence-electron chi connectivity index (χ3n) is 4.68. The minimum atomic E-state index is -0.472. The van der Waals surface area contributed by atoms with Crippen LogP contribution in [0.1, 0.15) is 5.56 Å². The van der Waals surface area contributed by atoms with Gasteiger partial charge in [-0.1, -0.05) is 30.3 Å². The first-order chi connectivity index (χ1) is 18.9. The average molecular weight is 551 g/mol. The summed E-state index contributed by atoms with van der Waals surface area (Å²) in [6.07, 6.45) is 0. The summed E-state index contributed by atoms with van der Waals surface area (Å²) >= 11 is 0. The maximum Gasteiger partial charge on any atom is 0.113 e. The highest BCUT2D eigenvalue weighted by atomic mass is 19.1. The van der Waals surface area contributed by atoms with Gasteiger partial charge in [-0.25, -0.2) is 4.39 Å². The second-order valence-corrected chi connectivity index (χ2v) is 7.74. The lowest BCUT2D eigenvalue weighted by molar-refractivity contribution is -0.0268. The molecule has 1 aromatic rings. The molecule has 0 amide bonds. The molecule has 0 atom stereocenters. The Morgan fingerprint density at radius 2 is 0.605 bits per heavy atom. The molecule has 0 N–H and O–H groups in total. The van der Waals surface area contributed by atoms with Crippen LogP contribution in [0.4, 0.5) is 4.39 Å². The van der Waals surface area contributed by atoms with Gasteiger partial charge < -0.3 is 47.4 Å². The smallest absolute Gasteiger partial charge is 0.113 e. The summed E-state index contributed by atoms with van der Waals surface area (Å²) in [7, 11) is 0. The van der Waals surface area contributed by atoms with Gasteiger partial charge in [-0.15, -0.1) is 0 Å². The van der Waals surface area contributed by atoms with Crippen LogP contribution in [0.25, 0.3) is 0 Å². The molecular formula is C27H47FO10. The molecule has 0 aromatic heterocycles. The highest BCUT2D eigenvalue weighted by Crippen LogP contribution is 2.00. The van der Waals surface area contributed by atoms with Crippen molar-refractivity contribution in [3.63, 3.8) is 0 Å². The molecule has 0 heterocycles. The molecule has 0 fully saturated rings. The second kappa shape index (κ2) is 30.3. The lowest BCUT2D eigenvalue weighted by Gasteiger charge is -2.09. The molecule has 1 aromatic carbocycles.